The molecule has 0 aliphatic rings. The van der Waals surface area contributed by atoms with E-state index in [1.807, 2.05) is 0 Å². The fraction of sp³-hybridized carbons (Fsp3) is 0.143. The van der Waals surface area contributed by atoms with Gasteiger partial charge in [-0.1, -0.05) is 0 Å². The Balaban J connectivity index is 3.59. The standard InChI is InChI=1S/C7H7N3O5/c1-3-4(9(12)13)2-5(10(14)15)6(8)7(3)11/h2,11H,8H2,1H3. The summed E-state index contributed by atoms with van der Waals surface area (Å²) in [5.74, 6) is -0.629. The van der Waals surface area contributed by atoms with E-state index in [9.17, 15) is 25.3 Å². The number of nitrogen functional groups attached to an aromatic ring is 1. The van der Waals surface area contributed by atoms with Crippen LogP contribution in [-0.2, 0) is 0 Å². The van der Waals surface area contributed by atoms with Gasteiger partial charge in [-0.05, 0) is 6.92 Å². The first-order chi connectivity index (χ1) is 6.86. The number of nitro groups is 2. The van der Waals surface area contributed by atoms with Crippen LogP contribution in [0.2, 0.25) is 0 Å². The van der Waals surface area contributed by atoms with Crippen LogP contribution in [0.1, 0.15) is 5.56 Å². The van der Waals surface area contributed by atoms with Crippen molar-refractivity contribution in [3.05, 3.63) is 31.9 Å². The first kappa shape index (κ1) is 10.7. The Bertz CT molecular complexity index is 418. The summed E-state index contributed by atoms with van der Waals surface area (Å²) in [6, 6.07) is 0.727. The second kappa shape index (κ2) is 3.40. The number of phenolic OH excluding ortho intramolecular Hbond substituents is 1. The van der Waals surface area contributed by atoms with E-state index < -0.39 is 32.7 Å². The number of aromatic hydroxyl groups is 1. The molecule has 0 aliphatic heterocycles. The Hall–Kier alpha value is -2.38. The van der Waals surface area contributed by atoms with E-state index >= 15 is 0 Å². The van der Waals surface area contributed by atoms with E-state index in [-0.39, 0.29) is 5.56 Å². The van der Waals surface area contributed by atoms with Gasteiger partial charge < -0.3 is 10.8 Å². The van der Waals surface area contributed by atoms with Crippen molar-refractivity contribution in [3.8, 4) is 5.75 Å². The largest absolute Gasteiger partial charge is 0.505 e. The van der Waals surface area contributed by atoms with E-state index in [4.69, 9.17) is 5.73 Å². The van der Waals surface area contributed by atoms with Gasteiger partial charge in [0.1, 0.15) is 0 Å². The molecule has 0 saturated carbocycles. The molecule has 8 heteroatoms. The van der Waals surface area contributed by atoms with Gasteiger partial charge in [0.2, 0.25) is 0 Å². The van der Waals surface area contributed by atoms with Crippen molar-refractivity contribution in [3.63, 3.8) is 0 Å². The lowest BCUT2D eigenvalue weighted by atomic mass is 10.1. The predicted molar refractivity (Wildman–Crippen MR) is 50.6 cm³/mol. The number of nitrogens with two attached hydrogens (primary N) is 1. The van der Waals surface area contributed by atoms with Crippen molar-refractivity contribution in [1.82, 2.24) is 0 Å². The van der Waals surface area contributed by atoms with Gasteiger partial charge in [-0.2, -0.15) is 0 Å². The minimum atomic E-state index is -0.887. The number of hydrogen-bond donors (Lipinski definition) is 2. The molecule has 0 spiro atoms. The number of nitrogens with zero attached hydrogens (tertiary/aromatic N) is 2. The molecule has 15 heavy (non-hydrogen) atoms. The predicted octanol–water partition coefficient (Wildman–Crippen LogP) is 1.10. The normalized spacial score (nSPS) is 9.93. The zero-order valence-electron chi connectivity index (χ0n) is 7.63. The van der Waals surface area contributed by atoms with Crippen LogP contribution in [0.5, 0.6) is 5.75 Å². The van der Waals surface area contributed by atoms with Crippen LogP contribution in [0, 0.1) is 27.2 Å². The van der Waals surface area contributed by atoms with Gasteiger partial charge in [0.25, 0.3) is 5.69 Å². The smallest absolute Gasteiger partial charge is 0.302 e. The Kier molecular flexibility index (Phi) is 2.43. The lowest BCUT2D eigenvalue weighted by Crippen LogP contribution is -2.00. The van der Waals surface area contributed by atoms with Crippen LogP contribution in [0.25, 0.3) is 0 Å². The first-order valence-corrected chi connectivity index (χ1v) is 3.77. The molecule has 8 nitrogen and oxygen atoms in total. The van der Waals surface area contributed by atoms with Crippen molar-refractivity contribution < 1.29 is 15.0 Å². The minimum Gasteiger partial charge on any atom is -0.505 e. The zero-order valence-corrected chi connectivity index (χ0v) is 7.63. The highest BCUT2D eigenvalue weighted by atomic mass is 16.6. The molecule has 0 unspecified atom stereocenters. The maximum Gasteiger partial charge on any atom is 0.302 e. The Morgan fingerprint density at radius 1 is 1.27 bits per heavy atom. The van der Waals surface area contributed by atoms with Gasteiger partial charge in [0.05, 0.1) is 21.5 Å². The minimum absolute atomic E-state index is 0.0944. The molecule has 0 heterocycles. The summed E-state index contributed by atoms with van der Waals surface area (Å²) in [6.45, 7) is 1.26. The van der Waals surface area contributed by atoms with Crippen molar-refractivity contribution in [1.29, 1.82) is 0 Å². The summed E-state index contributed by atoms with van der Waals surface area (Å²) in [5.41, 5.74) is 3.47. The molecule has 80 valence electrons. The third-order valence-electron chi connectivity index (χ3n) is 1.94. The Morgan fingerprint density at radius 3 is 2.13 bits per heavy atom. The van der Waals surface area contributed by atoms with Crippen molar-refractivity contribution >= 4 is 17.1 Å². The highest BCUT2D eigenvalue weighted by Crippen LogP contribution is 2.39. The maximum absolute atomic E-state index is 10.5. The molecule has 3 N–H and O–H groups in total. The third kappa shape index (κ3) is 1.64. The molecule has 0 aliphatic carbocycles. The SMILES string of the molecule is Cc1c([N+](=O)[O-])cc([N+](=O)[O-])c(N)c1O. The van der Waals surface area contributed by atoms with Crippen LogP contribution < -0.4 is 5.73 Å². The van der Waals surface area contributed by atoms with Crippen LogP contribution in [-0.4, -0.2) is 15.0 Å². The van der Waals surface area contributed by atoms with Crippen LogP contribution in [0.4, 0.5) is 17.1 Å². The lowest BCUT2D eigenvalue weighted by Gasteiger charge is -2.04. The van der Waals surface area contributed by atoms with E-state index in [1.165, 1.54) is 6.92 Å². The molecule has 0 aromatic heterocycles. The van der Waals surface area contributed by atoms with Gasteiger partial charge in [-0.15, -0.1) is 0 Å². The van der Waals surface area contributed by atoms with Gasteiger partial charge >= 0.3 is 5.69 Å². The summed E-state index contributed by atoms with van der Waals surface area (Å²) in [7, 11) is 0. The molecule has 0 atom stereocenters. The first-order valence-electron chi connectivity index (χ1n) is 3.77. The molecular weight excluding hydrogens is 206 g/mol. The molecular formula is C7H7N3O5. The summed E-state index contributed by atoms with van der Waals surface area (Å²) in [4.78, 5) is 19.2. The number of benzene rings is 1. The van der Waals surface area contributed by atoms with Crippen molar-refractivity contribution in [2.45, 2.75) is 6.92 Å². The van der Waals surface area contributed by atoms with Crippen LogP contribution >= 0.6 is 0 Å². The molecule has 0 amide bonds. The fourth-order valence-corrected chi connectivity index (χ4v) is 1.10. The molecule has 0 fully saturated rings. The van der Waals surface area contributed by atoms with Gasteiger partial charge in [0, 0.05) is 0 Å². The van der Waals surface area contributed by atoms with Crippen LogP contribution in [0.15, 0.2) is 6.07 Å². The van der Waals surface area contributed by atoms with E-state index in [0.717, 1.165) is 6.07 Å². The molecule has 0 radical (unpaired) electrons. The highest BCUT2D eigenvalue weighted by molar-refractivity contribution is 5.74. The number of phenols is 1. The average Bonchev–Trinajstić information content (AvgIpc) is 2.13. The second-order valence-electron chi connectivity index (χ2n) is 2.82. The summed E-state index contributed by atoms with van der Waals surface area (Å²) in [6.07, 6.45) is 0. The highest BCUT2D eigenvalue weighted by Gasteiger charge is 2.25. The topological polar surface area (TPSA) is 133 Å². The van der Waals surface area contributed by atoms with Gasteiger partial charge in [-0.3, -0.25) is 20.2 Å². The molecule has 1 aromatic carbocycles. The molecule has 1 aromatic rings. The van der Waals surface area contributed by atoms with Gasteiger partial charge in [-0.25, -0.2) is 0 Å². The van der Waals surface area contributed by atoms with Crippen LogP contribution in [0.3, 0.4) is 0 Å². The van der Waals surface area contributed by atoms with E-state index in [2.05, 4.69) is 0 Å². The van der Waals surface area contributed by atoms with Gasteiger partial charge in [0.15, 0.2) is 11.4 Å². The average molecular weight is 213 g/mol. The molecule has 0 bridgehead atoms. The molecule has 1 rings (SSSR count). The number of anilines is 1. The summed E-state index contributed by atoms with van der Waals surface area (Å²) >= 11 is 0. The number of rotatable bonds is 2. The second-order valence-corrected chi connectivity index (χ2v) is 2.82. The third-order valence-corrected chi connectivity index (χ3v) is 1.94. The summed E-state index contributed by atoms with van der Waals surface area (Å²) in [5, 5.41) is 30.3. The maximum atomic E-state index is 10.5. The zero-order chi connectivity index (χ0) is 11.7. The van der Waals surface area contributed by atoms with Crippen molar-refractivity contribution in [2.24, 2.45) is 0 Å². The quantitative estimate of drug-likeness (QED) is 0.327. The van der Waals surface area contributed by atoms with Crippen molar-refractivity contribution in [2.75, 3.05) is 5.73 Å². The number of hydrogen-bond acceptors (Lipinski definition) is 6. The van der Waals surface area contributed by atoms with E-state index in [1.54, 1.807) is 0 Å². The number of nitro benzene ring substituents is 2. The molecule has 0 saturated heterocycles. The summed E-state index contributed by atoms with van der Waals surface area (Å²) < 4.78 is 0. The Labute approximate surface area is 83.2 Å². The fourth-order valence-electron chi connectivity index (χ4n) is 1.10. The Morgan fingerprint density at radius 2 is 1.73 bits per heavy atom. The monoisotopic (exact) mass is 213 g/mol. The van der Waals surface area contributed by atoms with E-state index in [0.29, 0.717) is 0 Å². The lowest BCUT2D eigenvalue weighted by molar-refractivity contribution is -0.394.